The monoisotopic (exact) mass is 463 g/mol. The molecule has 0 atom stereocenters. The highest BCUT2D eigenvalue weighted by atomic mass is 16.6. The van der Waals surface area contributed by atoms with Gasteiger partial charge in [-0.25, -0.2) is 9.69 Å². The van der Waals surface area contributed by atoms with Crippen molar-refractivity contribution >= 4 is 35.3 Å². The van der Waals surface area contributed by atoms with E-state index in [2.05, 4.69) is 5.32 Å². The lowest BCUT2D eigenvalue weighted by atomic mass is 10.1. The molecule has 0 spiro atoms. The number of barbiturate groups is 1. The van der Waals surface area contributed by atoms with Gasteiger partial charge in [0.15, 0.2) is 0 Å². The van der Waals surface area contributed by atoms with E-state index in [4.69, 9.17) is 13.9 Å². The van der Waals surface area contributed by atoms with Gasteiger partial charge in [-0.2, -0.15) is 0 Å². The Kier molecular flexibility index (Phi) is 5.83. The molecule has 0 saturated carbocycles. The summed E-state index contributed by atoms with van der Waals surface area (Å²) in [5, 5.41) is 13.1. The molecule has 2 heterocycles. The predicted octanol–water partition coefficient (Wildman–Crippen LogP) is 3.54. The van der Waals surface area contributed by atoms with Crippen LogP contribution in [0.15, 0.2) is 64.6 Å². The lowest BCUT2D eigenvalue weighted by molar-refractivity contribution is -0.384. The third-order valence-electron chi connectivity index (χ3n) is 5.01. The van der Waals surface area contributed by atoms with Crippen LogP contribution in [-0.4, -0.2) is 37.0 Å². The molecule has 1 N–H and O–H groups in total. The van der Waals surface area contributed by atoms with Gasteiger partial charge in [0.1, 0.15) is 28.6 Å². The van der Waals surface area contributed by atoms with Crippen molar-refractivity contribution in [1.29, 1.82) is 0 Å². The van der Waals surface area contributed by atoms with E-state index in [1.807, 2.05) is 0 Å². The number of benzene rings is 2. The first-order chi connectivity index (χ1) is 16.3. The number of rotatable bonds is 6. The van der Waals surface area contributed by atoms with Gasteiger partial charge >= 0.3 is 6.03 Å². The molecule has 0 bridgehead atoms. The van der Waals surface area contributed by atoms with Crippen molar-refractivity contribution < 1.29 is 33.2 Å². The molecule has 4 amide bonds. The van der Waals surface area contributed by atoms with Crippen LogP contribution in [0.4, 0.5) is 16.2 Å². The second-order valence-corrected chi connectivity index (χ2v) is 7.00. The molecule has 11 heteroatoms. The third kappa shape index (κ3) is 4.09. The first-order valence-corrected chi connectivity index (χ1v) is 9.80. The summed E-state index contributed by atoms with van der Waals surface area (Å²) < 4.78 is 16.0. The number of nitro groups is 1. The average Bonchev–Trinajstić information content (AvgIpc) is 3.30. The number of carbonyl (C=O) groups is 3. The fraction of sp³-hybridized carbons (Fsp3) is 0.0870. The Balaban J connectivity index is 1.66. The van der Waals surface area contributed by atoms with Crippen LogP contribution in [0.25, 0.3) is 17.4 Å². The minimum Gasteiger partial charge on any atom is -0.497 e. The van der Waals surface area contributed by atoms with Gasteiger partial charge < -0.3 is 13.9 Å². The Labute approximate surface area is 192 Å². The molecule has 0 radical (unpaired) electrons. The molecule has 0 aliphatic carbocycles. The van der Waals surface area contributed by atoms with E-state index in [1.165, 1.54) is 56.7 Å². The Morgan fingerprint density at radius 2 is 1.74 bits per heavy atom. The lowest BCUT2D eigenvalue weighted by Gasteiger charge is -2.26. The van der Waals surface area contributed by atoms with Gasteiger partial charge in [0, 0.05) is 6.07 Å². The van der Waals surface area contributed by atoms with Crippen molar-refractivity contribution in [3.63, 3.8) is 0 Å². The van der Waals surface area contributed by atoms with Gasteiger partial charge in [0.25, 0.3) is 17.5 Å². The average molecular weight is 463 g/mol. The SMILES string of the molecule is COc1ccc(N2C(=O)NC(=O)C(=Cc3ccc(-c4ccc([N+](=O)[O-])cc4OC)o3)C2=O)cc1. The fourth-order valence-electron chi connectivity index (χ4n) is 3.34. The van der Waals surface area contributed by atoms with Crippen molar-refractivity contribution in [2.24, 2.45) is 0 Å². The molecule has 2 aromatic carbocycles. The van der Waals surface area contributed by atoms with Gasteiger partial charge in [-0.15, -0.1) is 0 Å². The largest absolute Gasteiger partial charge is 0.497 e. The number of urea groups is 1. The van der Waals surface area contributed by atoms with Gasteiger partial charge in [0.2, 0.25) is 0 Å². The molecule has 1 aliphatic heterocycles. The highest BCUT2D eigenvalue weighted by molar-refractivity contribution is 6.39. The van der Waals surface area contributed by atoms with E-state index < -0.39 is 22.8 Å². The minimum absolute atomic E-state index is 0.151. The first-order valence-electron chi connectivity index (χ1n) is 9.80. The number of imide groups is 2. The zero-order chi connectivity index (χ0) is 24.4. The molecule has 1 fully saturated rings. The van der Waals surface area contributed by atoms with Crippen LogP contribution in [0.3, 0.4) is 0 Å². The molecule has 1 aromatic heterocycles. The Bertz CT molecular complexity index is 1340. The first kappa shape index (κ1) is 22.3. The molecular formula is C23H17N3O8. The molecule has 11 nitrogen and oxygen atoms in total. The summed E-state index contributed by atoms with van der Waals surface area (Å²) in [6.07, 6.45) is 1.21. The molecule has 1 saturated heterocycles. The highest BCUT2D eigenvalue weighted by Crippen LogP contribution is 2.35. The number of nitrogens with one attached hydrogen (secondary N) is 1. The Morgan fingerprint density at radius 1 is 1.00 bits per heavy atom. The predicted molar refractivity (Wildman–Crippen MR) is 119 cm³/mol. The minimum atomic E-state index is -0.881. The van der Waals surface area contributed by atoms with Crippen molar-refractivity contribution in [1.82, 2.24) is 5.32 Å². The van der Waals surface area contributed by atoms with Crippen molar-refractivity contribution in [3.05, 3.63) is 76.0 Å². The summed E-state index contributed by atoms with van der Waals surface area (Å²) in [6.45, 7) is 0. The molecule has 4 rings (SSSR count). The van der Waals surface area contributed by atoms with Crippen LogP contribution in [0.1, 0.15) is 5.76 Å². The molecular weight excluding hydrogens is 446 g/mol. The number of methoxy groups -OCH3 is 2. The topological polar surface area (TPSA) is 141 Å². The molecule has 3 aromatic rings. The summed E-state index contributed by atoms with van der Waals surface area (Å²) >= 11 is 0. The number of amides is 4. The Hall–Kier alpha value is -4.93. The van der Waals surface area contributed by atoms with Crippen LogP contribution < -0.4 is 19.7 Å². The van der Waals surface area contributed by atoms with Gasteiger partial charge in [-0.05, 0) is 48.5 Å². The quantitative estimate of drug-likeness (QED) is 0.253. The van der Waals surface area contributed by atoms with E-state index >= 15 is 0 Å². The van der Waals surface area contributed by atoms with Crippen LogP contribution in [0.2, 0.25) is 0 Å². The standard InChI is InChI=1S/C23H17N3O8/c1-32-15-6-3-13(4-7-15)25-22(28)18(21(27)24-23(25)29)12-16-8-10-19(34-16)17-9-5-14(26(30)31)11-20(17)33-2/h3-12H,1-2H3,(H,24,27,29). The van der Waals surface area contributed by atoms with Crippen LogP contribution >= 0.6 is 0 Å². The highest BCUT2D eigenvalue weighted by Gasteiger charge is 2.37. The number of anilines is 1. The molecule has 34 heavy (non-hydrogen) atoms. The number of non-ortho nitro benzene ring substituents is 1. The summed E-state index contributed by atoms with van der Waals surface area (Å²) in [5.74, 6) is -0.505. The molecule has 172 valence electrons. The van der Waals surface area contributed by atoms with Crippen molar-refractivity contribution in [2.75, 3.05) is 19.1 Å². The van der Waals surface area contributed by atoms with E-state index in [-0.39, 0.29) is 28.5 Å². The zero-order valence-electron chi connectivity index (χ0n) is 17.9. The second-order valence-electron chi connectivity index (χ2n) is 7.00. The van der Waals surface area contributed by atoms with Crippen molar-refractivity contribution in [3.8, 4) is 22.8 Å². The lowest BCUT2D eigenvalue weighted by Crippen LogP contribution is -2.54. The number of hydrogen-bond donors (Lipinski definition) is 1. The maximum atomic E-state index is 13.0. The van der Waals surface area contributed by atoms with Gasteiger partial charge in [-0.1, -0.05) is 0 Å². The zero-order valence-corrected chi connectivity index (χ0v) is 17.9. The number of hydrogen-bond acceptors (Lipinski definition) is 8. The summed E-state index contributed by atoms with van der Waals surface area (Å²) in [6, 6.07) is 12.4. The number of ether oxygens (including phenoxy) is 2. The summed E-state index contributed by atoms with van der Waals surface area (Å²) in [5.41, 5.74) is 0.221. The van der Waals surface area contributed by atoms with Gasteiger partial charge in [-0.3, -0.25) is 25.0 Å². The van der Waals surface area contributed by atoms with Crippen molar-refractivity contribution in [2.45, 2.75) is 0 Å². The smallest absolute Gasteiger partial charge is 0.335 e. The van der Waals surface area contributed by atoms with Crippen LogP contribution in [0, 0.1) is 10.1 Å². The molecule has 0 unspecified atom stereocenters. The number of furan rings is 1. The summed E-state index contributed by atoms with van der Waals surface area (Å²) in [7, 11) is 2.85. The van der Waals surface area contributed by atoms with E-state index in [1.54, 1.807) is 18.2 Å². The fourth-order valence-corrected chi connectivity index (χ4v) is 3.34. The normalized spacial score (nSPS) is 14.8. The Morgan fingerprint density at radius 3 is 2.38 bits per heavy atom. The van der Waals surface area contributed by atoms with Crippen LogP contribution in [0.5, 0.6) is 11.5 Å². The van der Waals surface area contributed by atoms with Gasteiger partial charge in [0.05, 0.1) is 36.5 Å². The summed E-state index contributed by atoms with van der Waals surface area (Å²) in [4.78, 5) is 49.0. The van der Waals surface area contributed by atoms with E-state index in [9.17, 15) is 24.5 Å². The third-order valence-corrected chi connectivity index (χ3v) is 5.01. The number of nitrogens with zero attached hydrogens (tertiary/aromatic N) is 2. The van der Waals surface area contributed by atoms with E-state index in [0.717, 1.165) is 4.90 Å². The van der Waals surface area contributed by atoms with Crippen LogP contribution in [-0.2, 0) is 9.59 Å². The maximum Gasteiger partial charge on any atom is 0.335 e. The number of carbonyl (C=O) groups excluding carboxylic acids is 3. The van der Waals surface area contributed by atoms with E-state index in [0.29, 0.717) is 17.1 Å². The second kappa shape index (κ2) is 8.90. The maximum absolute atomic E-state index is 13.0. The molecule has 1 aliphatic rings. The number of nitro benzene ring substituents is 1.